The van der Waals surface area contributed by atoms with Crippen LogP contribution in [0.3, 0.4) is 0 Å². The molecule has 0 saturated carbocycles. The third kappa shape index (κ3) is 3.25. The van der Waals surface area contributed by atoms with Gasteiger partial charge in [-0.1, -0.05) is 60.7 Å². The van der Waals surface area contributed by atoms with Gasteiger partial charge in [-0.3, -0.25) is 0 Å². The molecule has 0 N–H and O–H groups in total. The van der Waals surface area contributed by atoms with Crippen LogP contribution in [-0.2, 0) is 0 Å². The molecule has 5 rings (SSSR count). The molecule has 0 amide bonds. The Morgan fingerprint density at radius 3 is 2.03 bits per heavy atom. The Kier molecular flexibility index (Phi) is 4.36. The van der Waals surface area contributed by atoms with Gasteiger partial charge in [-0.25, -0.2) is 0 Å². The minimum atomic E-state index is -0.0947. The van der Waals surface area contributed by atoms with Crippen LogP contribution in [0.5, 0.6) is 0 Å². The Balaban J connectivity index is 1.67. The first-order valence-corrected chi connectivity index (χ1v) is 10.4. The summed E-state index contributed by atoms with van der Waals surface area (Å²) in [6.07, 6.45) is 0. The van der Waals surface area contributed by atoms with E-state index in [1.807, 2.05) is 12.1 Å². The summed E-state index contributed by atoms with van der Waals surface area (Å²) in [5.74, 6) is 0. The lowest BCUT2D eigenvalue weighted by atomic mass is 9.99. The number of anilines is 2. The molecule has 0 bridgehead atoms. The summed E-state index contributed by atoms with van der Waals surface area (Å²) < 4.78 is 6.04. The minimum Gasteiger partial charge on any atom is -0.456 e. The molecule has 0 unspecified atom stereocenters. The van der Waals surface area contributed by atoms with Crippen LogP contribution >= 0.6 is 0 Å². The molecule has 30 heavy (non-hydrogen) atoms. The highest BCUT2D eigenvalue weighted by atomic mass is 16.3. The van der Waals surface area contributed by atoms with Gasteiger partial charge in [-0.2, -0.15) is 0 Å². The van der Waals surface area contributed by atoms with Gasteiger partial charge in [0.15, 0.2) is 0 Å². The molecule has 0 aliphatic rings. The molecule has 4 aromatic carbocycles. The van der Waals surface area contributed by atoms with E-state index in [9.17, 15) is 0 Å². The van der Waals surface area contributed by atoms with E-state index in [1.54, 1.807) is 0 Å². The zero-order chi connectivity index (χ0) is 20.7. The molecule has 1 heterocycles. The highest BCUT2D eigenvalue weighted by molar-refractivity contribution is 6.06. The second-order valence-corrected chi connectivity index (χ2v) is 8.70. The fourth-order valence-corrected chi connectivity index (χ4v) is 4.23. The average Bonchev–Trinajstić information content (AvgIpc) is 3.12. The molecule has 0 fully saturated rings. The lowest BCUT2D eigenvalue weighted by molar-refractivity contribution is 0.560. The first-order valence-electron chi connectivity index (χ1n) is 10.4. The number of rotatable bonds is 3. The van der Waals surface area contributed by atoms with Gasteiger partial charge in [-0.15, -0.1) is 0 Å². The molecule has 0 aliphatic heterocycles. The second kappa shape index (κ2) is 7.07. The van der Waals surface area contributed by atoms with Gasteiger partial charge < -0.3 is 9.32 Å². The summed E-state index contributed by atoms with van der Waals surface area (Å²) in [7, 11) is 0. The van der Waals surface area contributed by atoms with Crippen LogP contribution in [0.4, 0.5) is 11.4 Å². The summed E-state index contributed by atoms with van der Waals surface area (Å²) >= 11 is 0. The van der Waals surface area contributed by atoms with Gasteiger partial charge >= 0.3 is 0 Å². The second-order valence-electron chi connectivity index (χ2n) is 8.70. The SMILES string of the molecule is CC(C)(C)N(c1cccc(-c2ccccc2)c1)c1ccc2oc3ccccc3c2c1. The lowest BCUT2D eigenvalue weighted by Gasteiger charge is -2.38. The molecule has 0 radical (unpaired) electrons. The number of fused-ring (bicyclic) bond motifs is 3. The monoisotopic (exact) mass is 391 g/mol. The topological polar surface area (TPSA) is 16.4 Å². The van der Waals surface area contributed by atoms with E-state index < -0.39 is 0 Å². The predicted molar refractivity (Wildman–Crippen MR) is 127 cm³/mol. The van der Waals surface area contributed by atoms with Crippen LogP contribution in [0.2, 0.25) is 0 Å². The Bertz CT molecular complexity index is 1330. The van der Waals surface area contributed by atoms with Gasteiger partial charge in [0.05, 0.1) is 0 Å². The Hall–Kier alpha value is -3.52. The van der Waals surface area contributed by atoms with Crippen molar-refractivity contribution in [3.63, 3.8) is 0 Å². The third-order valence-corrected chi connectivity index (χ3v) is 5.50. The standard InChI is InChI=1S/C28H25NO/c1-28(2,3)29(22-13-9-12-21(18-22)20-10-5-4-6-11-20)23-16-17-27-25(19-23)24-14-7-8-15-26(24)30-27/h4-19H,1-3H3. The normalized spacial score (nSPS) is 11.8. The third-order valence-electron chi connectivity index (χ3n) is 5.50. The van der Waals surface area contributed by atoms with E-state index in [-0.39, 0.29) is 5.54 Å². The molecule has 2 nitrogen and oxygen atoms in total. The predicted octanol–water partition coefficient (Wildman–Crippen LogP) is 8.19. The van der Waals surface area contributed by atoms with E-state index in [4.69, 9.17) is 4.42 Å². The van der Waals surface area contributed by atoms with Crippen molar-refractivity contribution in [3.05, 3.63) is 97.1 Å². The van der Waals surface area contributed by atoms with Crippen molar-refractivity contribution in [2.75, 3.05) is 4.90 Å². The van der Waals surface area contributed by atoms with Gasteiger partial charge in [0.1, 0.15) is 11.2 Å². The Morgan fingerprint density at radius 2 is 1.23 bits per heavy atom. The first kappa shape index (κ1) is 18.5. The van der Waals surface area contributed by atoms with E-state index in [0.29, 0.717) is 0 Å². The van der Waals surface area contributed by atoms with Crippen molar-refractivity contribution in [1.82, 2.24) is 0 Å². The van der Waals surface area contributed by atoms with E-state index in [0.717, 1.165) is 27.6 Å². The Morgan fingerprint density at radius 1 is 0.567 bits per heavy atom. The van der Waals surface area contributed by atoms with Crippen LogP contribution in [-0.4, -0.2) is 5.54 Å². The van der Waals surface area contributed by atoms with Gasteiger partial charge in [-0.05, 0) is 68.3 Å². The molecule has 0 saturated heterocycles. The van der Waals surface area contributed by atoms with Crippen molar-refractivity contribution in [1.29, 1.82) is 0 Å². The molecular formula is C28H25NO. The zero-order valence-electron chi connectivity index (χ0n) is 17.6. The lowest BCUT2D eigenvalue weighted by Crippen LogP contribution is -2.37. The molecule has 2 heteroatoms. The first-order chi connectivity index (χ1) is 14.5. The number of benzene rings is 4. The van der Waals surface area contributed by atoms with Crippen molar-refractivity contribution in [2.24, 2.45) is 0 Å². The van der Waals surface area contributed by atoms with E-state index >= 15 is 0 Å². The van der Waals surface area contributed by atoms with Crippen molar-refractivity contribution >= 4 is 33.3 Å². The number of hydrogen-bond acceptors (Lipinski definition) is 2. The average molecular weight is 392 g/mol. The molecule has 148 valence electrons. The largest absolute Gasteiger partial charge is 0.456 e. The van der Waals surface area contributed by atoms with E-state index in [1.165, 1.54) is 16.8 Å². The van der Waals surface area contributed by atoms with E-state index in [2.05, 4.69) is 111 Å². The number of nitrogens with zero attached hydrogens (tertiary/aromatic N) is 1. The molecular weight excluding hydrogens is 366 g/mol. The maximum absolute atomic E-state index is 6.04. The number of para-hydroxylation sites is 1. The van der Waals surface area contributed by atoms with Crippen molar-refractivity contribution in [2.45, 2.75) is 26.3 Å². The highest BCUT2D eigenvalue weighted by Crippen LogP contribution is 2.38. The molecule has 5 aromatic rings. The van der Waals surface area contributed by atoms with Crippen LogP contribution in [0.25, 0.3) is 33.1 Å². The Labute approximate surface area is 177 Å². The summed E-state index contributed by atoms with van der Waals surface area (Å²) in [5, 5.41) is 2.30. The number of hydrogen-bond donors (Lipinski definition) is 0. The fourth-order valence-electron chi connectivity index (χ4n) is 4.23. The van der Waals surface area contributed by atoms with Crippen LogP contribution in [0, 0.1) is 0 Å². The zero-order valence-corrected chi connectivity index (χ0v) is 17.6. The smallest absolute Gasteiger partial charge is 0.135 e. The highest BCUT2D eigenvalue weighted by Gasteiger charge is 2.24. The van der Waals surface area contributed by atoms with Crippen LogP contribution in [0.1, 0.15) is 20.8 Å². The number of furan rings is 1. The van der Waals surface area contributed by atoms with Crippen molar-refractivity contribution < 1.29 is 4.42 Å². The maximum Gasteiger partial charge on any atom is 0.135 e. The summed E-state index contributed by atoms with van der Waals surface area (Å²) in [4.78, 5) is 2.40. The summed E-state index contributed by atoms with van der Waals surface area (Å²) in [6, 6.07) is 34.1. The summed E-state index contributed by atoms with van der Waals surface area (Å²) in [5.41, 5.74) is 6.54. The summed E-state index contributed by atoms with van der Waals surface area (Å²) in [6.45, 7) is 6.75. The van der Waals surface area contributed by atoms with Crippen LogP contribution < -0.4 is 4.90 Å². The quantitative estimate of drug-likeness (QED) is 0.308. The molecule has 0 atom stereocenters. The molecule has 1 aromatic heterocycles. The van der Waals surface area contributed by atoms with Crippen molar-refractivity contribution in [3.8, 4) is 11.1 Å². The van der Waals surface area contributed by atoms with Crippen LogP contribution in [0.15, 0.2) is 101 Å². The molecule has 0 aliphatic carbocycles. The minimum absolute atomic E-state index is 0.0947. The maximum atomic E-state index is 6.04. The fraction of sp³-hybridized carbons (Fsp3) is 0.143. The van der Waals surface area contributed by atoms with Gasteiger partial charge in [0.2, 0.25) is 0 Å². The molecule has 0 spiro atoms. The van der Waals surface area contributed by atoms with Gasteiger partial charge in [0.25, 0.3) is 0 Å². The van der Waals surface area contributed by atoms with Gasteiger partial charge in [0, 0.05) is 27.7 Å².